The lowest BCUT2D eigenvalue weighted by Crippen LogP contribution is -2.07. The topological polar surface area (TPSA) is 34.9 Å². The van der Waals surface area contributed by atoms with E-state index in [0.29, 0.717) is 28.6 Å². The summed E-state index contributed by atoms with van der Waals surface area (Å²) in [6, 6.07) is 31.8. The van der Waals surface area contributed by atoms with Crippen LogP contribution in [0.25, 0.3) is 44.0 Å². The van der Waals surface area contributed by atoms with Crippen LogP contribution >= 0.6 is 0 Å². The first-order chi connectivity index (χ1) is 16.2. The van der Waals surface area contributed by atoms with Crippen molar-refractivity contribution in [1.82, 2.24) is 9.55 Å². The first kappa shape index (κ1) is 19.4. The van der Waals surface area contributed by atoms with Crippen LogP contribution in [-0.2, 0) is 6.54 Å². The largest absolute Gasteiger partial charge is 0.334 e. The minimum absolute atomic E-state index is 0.114. The minimum Gasteiger partial charge on any atom is -0.334 e. The Kier molecular flexibility index (Phi) is 4.51. The van der Waals surface area contributed by atoms with E-state index in [2.05, 4.69) is 22.8 Å². The van der Waals surface area contributed by atoms with E-state index in [4.69, 9.17) is 4.98 Å². The van der Waals surface area contributed by atoms with Crippen molar-refractivity contribution in [3.8, 4) is 11.1 Å². The molecule has 0 aliphatic carbocycles. The van der Waals surface area contributed by atoms with Gasteiger partial charge in [-0.3, -0.25) is 4.79 Å². The molecule has 0 amide bonds. The van der Waals surface area contributed by atoms with E-state index >= 15 is 0 Å². The summed E-state index contributed by atoms with van der Waals surface area (Å²) in [6.45, 7) is 0.584. The van der Waals surface area contributed by atoms with Crippen molar-refractivity contribution >= 4 is 32.8 Å². The molecule has 3 nitrogen and oxygen atoms in total. The Bertz CT molecular complexity index is 1700. The lowest BCUT2D eigenvalue weighted by molar-refractivity contribution is 0.628. The fourth-order valence-electron chi connectivity index (χ4n) is 4.59. The Morgan fingerprint density at radius 2 is 1.39 bits per heavy atom. The maximum absolute atomic E-state index is 14.0. The average molecular weight is 430 g/mol. The van der Waals surface area contributed by atoms with Crippen LogP contribution in [0.2, 0.25) is 0 Å². The van der Waals surface area contributed by atoms with E-state index in [9.17, 15) is 9.18 Å². The molecule has 4 heteroatoms. The molecular formula is C29H19FN2O. The third-order valence-electron chi connectivity index (χ3n) is 6.11. The third kappa shape index (κ3) is 3.19. The van der Waals surface area contributed by atoms with Crippen molar-refractivity contribution in [3.05, 3.63) is 125 Å². The molecule has 0 aliphatic heterocycles. The number of para-hydroxylation sites is 2. The van der Waals surface area contributed by atoms with Gasteiger partial charge in [-0.2, -0.15) is 0 Å². The highest BCUT2D eigenvalue weighted by Gasteiger charge is 2.20. The second kappa shape index (κ2) is 7.68. The van der Waals surface area contributed by atoms with E-state index in [1.165, 1.54) is 12.1 Å². The van der Waals surface area contributed by atoms with Crippen LogP contribution in [0.1, 0.15) is 5.56 Å². The van der Waals surface area contributed by atoms with Gasteiger partial charge in [0.2, 0.25) is 0 Å². The summed E-state index contributed by atoms with van der Waals surface area (Å²) in [7, 11) is 0. The summed E-state index contributed by atoms with van der Waals surface area (Å²) in [4.78, 5) is 19.0. The van der Waals surface area contributed by atoms with Crippen LogP contribution in [0.5, 0.6) is 0 Å². The smallest absolute Gasteiger partial charge is 0.197 e. The molecule has 0 N–H and O–H groups in total. The van der Waals surface area contributed by atoms with E-state index in [0.717, 1.165) is 27.5 Å². The van der Waals surface area contributed by atoms with Gasteiger partial charge in [0.15, 0.2) is 5.43 Å². The molecule has 6 aromatic rings. The average Bonchev–Trinajstić information content (AvgIpc) is 3.06. The number of hydrogen-bond acceptors (Lipinski definition) is 2. The van der Waals surface area contributed by atoms with Gasteiger partial charge < -0.3 is 4.57 Å². The fourth-order valence-corrected chi connectivity index (χ4v) is 4.59. The van der Waals surface area contributed by atoms with Crippen molar-refractivity contribution in [2.24, 2.45) is 0 Å². The predicted octanol–water partition coefficient (Wildman–Crippen LogP) is 6.56. The molecule has 33 heavy (non-hydrogen) atoms. The highest BCUT2D eigenvalue weighted by Crippen LogP contribution is 2.34. The Balaban J connectivity index is 1.85. The molecule has 2 aromatic heterocycles. The molecule has 0 atom stereocenters. The summed E-state index contributed by atoms with van der Waals surface area (Å²) in [5.41, 5.74) is 5.38. The van der Waals surface area contributed by atoms with Gasteiger partial charge in [-0.1, -0.05) is 72.8 Å². The fraction of sp³-hybridized carbons (Fsp3) is 0.0345. The Hall–Kier alpha value is -4.31. The Labute approximate surface area is 189 Å². The normalized spacial score (nSPS) is 11.4. The van der Waals surface area contributed by atoms with E-state index in [1.54, 1.807) is 18.2 Å². The summed E-state index contributed by atoms with van der Waals surface area (Å²) in [5.74, 6) is -0.337. The van der Waals surface area contributed by atoms with Gasteiger partial charge in [0.05, 0.1) is 27.6 Å². The quantitative estimate of drug-likeness (QED) is 0.319. The second-order valence-corrected chi connectivity index (χ2v) is 8.13. The van der Waals surface area contributed by atoms with Gasteiger partial charge in [-0.05, 0) is 41.5 Å². The van der Waals surface area contributed by atoms with Crippen molar-refractivity contribution in [2.75, 3.05) is 0 Å². The van der Waals surface area contributed by atoms with Gasteiger partial charge in [0, 0.05) is 17.3 Å². The number of halogens is 1. The number of hydrogen-bond donors (Lipinski definition) is 0. The van der Waals surface area contributed by atoms with Crippen LogP contribution < -0.4 is 5.43 Å². The van der Waals surface area contributed by atoms with Crippen molar-refractivity contribution < 1.29 is 4.39 Å². The number of fused-ring (bicyclic) bond motifs is 4. The number of benzene rings is 4. The van der Waals surface area contributed by atoms with Crippen molar-refractivity contribution in [3.63, 3.8) is 0 Å². The molecule has 158 valence electrons. The van der Waals surface area contributed by atoms with Crippen LogP contribution in [-0.4, -0.2) is 9.55 Å². The molecule has 0 unspecified atom stereocenters. The molecule has 0 saturated heterocycles. The molecule has 0 saturated carbocycles. The molecule has 6 rings (SSSR count). The first-order valence-corrected chi connectivity index (χ1v) is 10.8. The van der Waals surface area contributed by atoms with Crippen molar-refractivity contribution in [2.45, 2.75) is 6.54 Å². The van der Waals surface area contributed by atoms with E-state index in [1.807, 2.05) is 54.6 Å². The van der Waals surface area contributed by atoms with Gasteiger partial charge in [0.1, 0.15) is 5.82 Å². The monoisotopic (exact) mass is 430 g/mol. The molecule has 2 heterocycles. The standard InChI is InChI=1S/C29H19FN2O/c30-21-16-14-20(15-17-21)26-28-27(31-24-12-6-4-10-22(24)29(26)33)23-11-5-7-13-25(23)32(28)18-19-8-2-1-3-9-19/h1-17H,18H2. The molecule has 0 aliphatic rings. The van der Waals surface area contributed by atoms with E-state index in [-0.39, 0.29) is 11.2 Å². The SMILES string of the molecule is O=c1c(-c2ccc(F)cc2)c2c(nc3ccccc13)c1ccccc1n2Cc1ccccc1. The maximum atomic E-state index is 14.0. The van der Waals surface area contributed by atoms with Gasteiger partial charge in [-0.15, -0.1) is 0 Å². The van der Waals surface area contributed by atoms with Crippen LogP contribution in [0.3, 0.4) is 0 Å². The summed E-state index contributed by atoms with van der Waals surface area (Å²) < 4.78 is 15.9. The third-order valence-corrected chi connectivity index (χ3v) is 6.11. The highest BCUT2D eigenvalue weighted by molar-refractivity contribution is 6.12. The first-order valence-electron chi connectivity index (χ1n) is 10.8. The summed E-state index contributed by atoms with van der Waals surface area (Å²) in [6.07, 6.45) is 0. The zero-order valence-electron chi connectivity index (χ0n) is 17.7. The summed E-state index contributed by atoms with van der Waals surface area (Å²) >= 11 is 0. The van der Waals surface area contributed by atoms with Crippen LogP contribution in [0.4, 0.5) is 4.39 Å². The number of aromatic nitrogens is 2. The lowest BCUT2D eigenvalue weighted by atomic mass is 10.0. The molecule has 0 bridgehead atoms. The number of nitrogens with zero attached hydrogens (tertiary/aromatic N) is 2. The van der Waals surface area contributed by atoms with Crippen LogP contribution in [0, 0.1) is 5.82 Å². The van der Waals surface area contributed by atoms with Gasteiger partial charge in [0.25, 0.3) is 0 Å². The highest BCUT2D eigenvalue weighted by atomic mass is 19.1. The second-order valence-electron chi connectivity index (χ2n) is 8.13. The van der Waals surface area contributed by atoms with Crippen LogP contribution in [0.15, 0.2) is 108 Å². The molecule has 0 spiro atoms. The Morgan fingerprint density at radius 1 is 0.727 bits per heavy atom. The minimum atomic E-state index is -0.337. The number of rotatable bonds is 3. The van der Waals surface area contributed by atoms with Gasteiger partial charge in [-0.25, -0.2) is 9.37 Å². The zero-order chi connectivity index (χ0) is 22.4. The van der Waals surface area contributed by atoms with E-state index < -0.39 is 0 Å². The molecule has 0 radical (unpaired) electrons. The lowest BCUT2D eigenvalue weighted by Gasteiger charge is -2.10. The maximum Gasteiger partial charge on any atom is 0.197 e. The Morgan fingerprint density at radius 3 is 2.18 bits per heavy atom. The summed E-state index contributed by atoms with van der Waals surface area (Å²) in [5, 5.41) is 1.52. The van der Waals surface area contributed by atoms with Crippen molar-refractivity contribution in [1.29, 1.82) is 0 Å². The molecule has 0 fully saturated rings. The molecular weight excluding hydrogens is 411 g/mol. The zero-order valence-corrected chi connectivity index (χ0v) is 17.7. The predicted molar refractivity (Wildman–Crippen MR) is 132 cm³/mol. The van der Waals surface area contributed by atoms with Gasteiger partial charge >= 0.3 is 0 Å². The molecule has 4 aromatic carbocycles.